The minimum absolute atomic E-state index is 0.885. The van der Waals surface area contributed by atoms with Gasteiger partial charge in [-0.25, -0.2) is 0 Å². The van der Waals surface area contributed by atoms with Gasteiger partial charge < -0.3 is 0 Å². The van der Waals surface area contributed by atoms with E-state index >= 15 is 0 Å². The highest BCUT2D eigenvalue weighted by molar-refractivity contribution is 7.26. The SMILES string of the molecule is [B]c1ccc(-c2ccc(C)s2)s1.[B]c1ccc(C)s1. The Morgan fingerprint density at radius 2 is 1.11 bits per heavy atom. The Hall–Kier alpha value is -0.770. The third kappa shape index (κ3) is 4.37. The average molecular weight is 298 g/mol. The monoisotopic (exact) mass is 298 g/mol. The lowest BCUT2D eigenvalue weighted by Gasteiger charge is -1.87. The van der Waals surface area contributed by atoms with E-state index in [2.05, 4.69) is 25.1 Å². The van der Waals surface area contributed by atoms with Gasteiger partial charge >= 0.3 is 0 Å². The fourth-order valence-corrected chi connectivity index (χ4v) is 3.88. The van der Waals surface area contributed by atoms with Gasteiger partial charge in [-0.2, -0.15) is 22.7 Å². The van der Waals surface area contributed by atoms with E-state index in [9.17, 15) is 0 Å². The van der Waals surface area contributed by atoms with E-state index in [0.29, 0.717) is 0 Å². The van der Waals surface area contributed by atoms with E-state index in [1.54, 1.807) is 22.7 Å². The lowest BCUT2D eigenvalue weighted by molar-refractivity contribution is 1.64. The molecule has 0 aliphatic carbocycles. The third-order valence-electron chi connectivity index (χ3n) is 2.37. The summed E-state index contributed by atoms with van der Waals surface area (Å²) in [4.78, 5) is 5.20. The maximum atomic E-state index is 5.65. The molecular formula is C14H12B2S3. The summed E-state index contributed by atoms with van der Waals surface area (Å²) >= 11 is 5.07. The summed E-state index contributed by atoms with van der Waals surface area (Å²) in [6, 6.07) is 12.2. The lowest BCUT2D eigenvalue weighted by atomic mass is 10.1. The summed E-state index contributed by atoms with van der Waals surface area (Å²) in [6.07, 6.45) is 0. The van der Waals surface area contributed by atoms with E-state index in [4.69, 9.17) is 15.7 Å². The molecule has 0 aliphatic heterocycles. The van der Waals surface area contributed by atoms with Crippen LogP contribution in [0.1, 0.15) is 9.75 Å². The zero-order valence-corrected chi connectivity index (χ0v) is 13.3. The highest BCUT2D eigenvalue weighted by atomic mass is 32.1. The predicted molar refractivity (Wildman–Crippen MR) is 92.2 cm³/mol. The average Bonchev–Trinajstić information content (AvgIpc) is 3.03. The van der Waals surface area contributed by atoms with Crippen molar-refractivity contribution >= 4 is 59.3 Å². The molecule has 0 atom stereocenters. The second-order valence-electron chi connectivity index (χ2n) is 4.06. The van der Waals surface area contributed by atoms with Crippen LogP contribution in [0.25, 0.3) is 9.75 Å². The van der Waals surface area contributed by atoms with Crippen LogP contribution in [0.3, 0.4) is 0 Å². The van der Waals surface area contributed by atoms with Crippen LogP contribution < -0.4 is 9.55 Å². The second-order valence-corrected chi connectivity index (χ2v) is 7.78. The minimum atomic E-state index is 0.885. The van der Waals surface area contributed by atoms with Crippen molar-refractivity contribution < 1.29 is 0 Å². The number of hydrogen-bond donors (Lipinski definition) is 0. The molecule has 0 saturated heterocycles. The first-order valence-corrected chi connectivity index (χ1v) is 8.23. The Morgan fingerprint density at radius 1 is 0.632 bits per heavy atom. The summed E-state index contributed by atoms with van der Waals surface area (Å²) in [7, 11) is 11.0. The Morgan fingerprint density at radius 3 is 1.47 bits per heavy atom. The van der Waals surface area contributed by atoms with Gasteiger partial charge in [-0.1, -0.05) is 12.1 Å². The summed E-state index contributed by atoms with van der Waals surface area (Å²) < 4.78 is 1.79. The lowest BCUT2D eigenvalue weighted by Crippen LogP contribution is -1.88. The summed E-state index contributed by atoms with van der Waals surface area (Å²) in [5.74, 6) is 0. The molecule has 0 aliphatic rings. The molecule has 0 N–H and O–H groups in total. The molecule has 0 saturated carbocycles. The van der Waals surface area contributed by atoms with E-state index in [-0.39, 0.29) is 0 Å². The summed E-state index contributed by atoms with van der Waals surface area (Å²) in [5, 5.41) is 0. The quantitative estimate of drug-likeness (QED) is 0.604. The minimum Gasteiger partial charge on any atom is -0.157 e. The van der Waals surface area contributed by atoms with Crippen LogP contribution in [0.5, 0.6) is 0 Å². The molecule has 92 valence electrons. The van der Waals surface area contributed by atoms with Gasteiger partial charge in [-0.15, -0.1) is 11.3 Å². The standard InChI is InChI=1S/C9H7BS2.C5H5BS/c1-6-2-3-7(11-6)8-4-5-9(10)12-8;1-4-2-3-5(6)7-4/h2-5H,1H3;2-3H,1H3. The molecule has 0 fully saturated rings. The van der Waals surface area contributed by atoms with Gasteiger partial charge in [-0.3, -0.25) is 0 Å². The molecule has 0 unspecified atom stereocenters. The van der Waals surface area contributed by atoms with Gasteiger partial charge in [0.2, 0.25) is 0 Å². The van der Waals surface area contributed by atoms with Crippen molar-refractivity contribution in [3.63, 3.8) is 0 Å². The van der Waals surface area contributed by atoms with Crippen molar-refractivity contribution in [1.82, 2.24) is 0 Å². The number of thiophene rings is 3. The molecule has 3 aromatic heterocycles. The van der Waals surface area contributed by atoms with Crippen LogP contribution in [0.2, 0.25) is 0 Å². The molecule has 0 amide bonds. The molecule has 0 aromatic carbocycles. The first-order valence-electron chi connectivity index (χ1n) is 5.78. The molecule has 0 bridgehead atoms. The normalized spacial score (nSPS) is 10.0. The van der Waals surface area contributed by atoms with E-state index in [1.165, 1.54) is 19.5 Å². The first kappa shape index (κ1) is 14.6. The van der Waals surface area contributed by atoms with Gasteiger partial charge in [0.05, 0.1) is 0 Å². The molecule has 3 heterocycles. The molecule has 3 aromatic rings. The topological polar surface area (TPSA) is 0 Å². The highest BCUT2D eigenvalue weighted by Crippen LogP contribution is 2.29. The van der Waals surface area contributed by atoms with E-state index < -0.39 is 0 Å². The van der Waals surface area contributed by atoms with Crippen LogP contribution in [0.4, 0.5) is 0 Å². The van der Waals surface area contributed by atoms with Crippen molar-refractivity contribution in [2.45, 2.75) is 13.8 Å². The molecule has 19 heavy (non-hydrogen) atoms. The van der Waals surface area contributed by atoms with Gasteiger partial charge in [0.25, 0.3) is 0 Å². The zero-order chi connectivity index (χ0) is 13.8. The van der Waals surface area contributed by atoms with Crippen molar-refractivity contribution in [3.8, 4) is 9.75 Å². The van der Waals surface area contributed by atoms with Crippen molar-refractivity contribution in [1.29, 1.82) is 0 Å². The van der Waals surface area contributed by atoms with Gasteiger partial charge in [0.1, 0.15) is 15.7 Å². The van der Waals surface area contributed by atoms with Gasteiger partial charge in [0, 0.05) is 19.5 Å². The Kier molecular flexibility index (Phi) is 5.08. The molecule has 0 nitrogen and oxygen atoms in total. The zero-order valence-electron chi connectivity index (χ0n) is 10.8. The predicted octanol–water partition coefficient (Wildman–Crippen LogP) is 3.43. The van der Waals surface area contributed by atoms with E-state index in [0.717, 1.165) is 9.55 Å². The Balaban J connectivity index is 0.000000163. The Labute approximate surface area is 129 Å². The van der Waals surface area contributed by atoms with Crippen LogP contribution in [-0.2, 0) is 0 Å². The van der Waals surface area contributed by atoms with Gasteiger partial charge in [0.15, 0.2) is 0 Å². The molecular weight excluding hydrogens is 286 g/mol. The third-order valence-corrected chi connectivity index (χ3v) is 5.31. The van der Waals surface area contributed by atoms with Crippen molar-refractivity contribution in [2.75, 3.05) is 0 Å². The molecule has 4 radical (unpaired) electrons. The largest absolute Gasteiger partial charge is 0.157 e. The van der Waals surface area contributed by atoms with Crippen LogP contribution in [0, 0.1) is 13.8 Å². The number of aryl methyl sites for hydroxylation is 2. The number of rotatable bonds is 1. The molecule has 0 spiro atoms. The number of hydrogen-bond acceptors (Lipinski definition) is 3. The maximum Gasteiger partial charge on any atom is 0.128 e. The van der Waals surface area contributed by atoms with Crippen LogP contribution in [-0.4, -0.2) is 15.7 Å². The van der Waals surface area contributed by atoms with Crippen molar-refractivity contribution in [2.24, 2.45) is 0 Å². The van der Waals surface area contributed by atoms with Crippen LogP contribution in [0.15, 0.2) is 36.4 Å². The summed E-state index contributed by atoms with van der Waals surface area (Å²) in [6.45, 7) is 4.16. The van der Waals surface area contributed by atoms with Crippen molar-refractivity contribution in [3.05, 3.63) is 46.2 Å². The Bertz CT molecular complexity index is 594. The van der Waals surface area contributed by atoms with Gasteiger partial charge in [-0.05, 0) is 47.7 Å². The van der Waals surface area contributed by atoms with E-state index in [1.807, 2.05) is 36.5 Å². The van der Waals surface area contributed by atoms with Crippen LogP contribution >= 0.6 is 34.0 Å². The molecule has 3 rings (SSSR count). The fourth-order valence-electron chi connectivity index (χ4n) is 1.51. The smallest absolute Gasteiger partial charge is 0.128 e. The summed E-state index contributed by atoms with van der Waals surface area (Å²) in [5.41, 5.74) is 0. The maximum absolute atomic E-state index is 5.65. The highest BCUT2D eigenvalue weighted by Gasteiger charge is 2.01. The molecule has 5 heteroatoms. The second kappa shape index (κ2) is 6.60. The fraction of sp³-hybridized carbons (Fsp3) is 0.143. The first-order chi connectivity index (χ1) is 9.04.